The van der Waals surface area contributed by atoms with Crippen molar-refractivity contribution in [1.82, 2.24) is 0 Å². The average molecular weight is 298 g/mol. The molecule has 0 saturated carbocycles. The summed E-state index contributed by atoms with van der Waals surface area (Å²) in [5, 5.41) is 21.3. The first-order chi connectivity index (χ1) is 9.65. The van der Waals surface area contributed by atoms with E-state index >= 15 is 0 Å². The molecule has 0 heterocycles. The van der Waals surface area contributed by atoms with Crippen LogP contribution in [0.2, 0.25) is 0 Å². The Kier molecular flexibility index (Phi) is 4.79. The maximum absolute atomic E-state index is 13.8. The van der Waals surface area contributed by atoms with Crippen LogP contribution in [-0.2, 0) is 4.79 Å². The molecule has 1 atom stereocenters. The minimum atomic E-state index is -2.51. The minimum Gasteiger partial charge on any atom is -0.296 e. The van der Waals surface area contributed by atoms with Crippen LogP contribution in [0.5, 0.6) is 0 Å². The lowest BCUT2D eigenvalue weighted by Crippen LogP contribution is -2.29. The summed E-state index contributed by atoms with van der Waals surface area (Å²) in [4.78, 5) is 42.7. The van der Waals surface area contributed by atoms with Crippen molar-refractivity contribution in [3.63, 3.8) is 0 Å². The molecule has 1 unspecified atom stereocenters. The van der Waals surface area contributed by atoms with Crippen LogP contribution in [0.15, 0.2) is 18.2 Å². The van der Waals surface area contributed by atoms with Crippen molar-refractivity contribution in [2.75, 3.05) is 0 Å². The number of nitro groups is 2. The van der Waals surface area contributed by atoms with Gasteiger partial charge in [0.1, 0.15) is 0 Å². The van der Waals surface area contributed by atoms with Crippen LogP contribution in [0.25, 0.3) is 0 Å². The molecule has 21 heavy (non-hydrogen) atoms. The minimum absolute atomic E-state index is 0.586. The van der Waals surface area contributed by atoms with Crippen LogP contribution in [0, 0.1) is 26.1 Å². The summed E-state index contributed by atoms with van der Waals surface area (Å²) in [5.74, 6) is -3.08. The third-order valence-electron chi connectivity index (χ3n) is 2.66. The van der Waals surface area contributed by atoms with E-state index in [-0.39, 0.29) is 0 Å². The smallest absolute Gasteiger partial charge is 0.277 e. The van der Waals surface area contributed by atoms with Gasteiger partial charge in [0.15, 0.2) is 5.78 Å². The van der Waals surface area contributed by atoms with Crippen LogP contribution in [0.3, 0.4) is 0 Å². The van der Waals surface area contributed by atoms with Crippen molar-refractivity contribution in [3.05, 3.63) is 44.0 Å². The molecule has 0 aliphatic heterocycles. The largest absolute Gasteiger partial charge is 0.296 e. The maximum Gasteiger partial charge on any atom is 0.277 e. The van der Waals surface area contributed by atoms with E-state index in [4.69, 9.17) is 0 Å². The molecule has 0 spiro atoms. The van der Waals surface area contributed by atoms with E-state index < -0.39 is 50.4 Å². The zero-order valence-corrected chi connectivity index (χ0v) is 11.1. The lowest BCUT2D eigenvalue weighted by atomic mass is 9.97. The summed E-state index contributed by atoms with van der Waals surface area (Å²) in [7, 11) is 0. The molecule has 0 aromatic heterocycles. The van der Waals surface area contributed by atoms with E-state index in [0.29, 0.717) is 18.2 Å². The van der Waals surface area contributed by atoms with E-state index in [0.717, 1.165) is 0 Å². The molecule has 0 bridgehead atoms. The molecular formula is C12H11FN2O6. The van der Waals surface area contributed by atoms with Crippen molar-refractivity contribution < 1.29 is 23.8 Å². The van der Waals surface area contributed by atoms with Gasteiger partial charge in [-0.05, 0) is 0 Å². The highest BCUT2D eigenvalue weighted by Gasteiger charge is 2.31. The predicted molar refractivity (Wildman–Crippen MR) is 68.8 cm³/mol. The molecule has 1 aromatic rings. The lowest BCUT2D eigenvalue weighted by Gasteiger charge is -2.08. The molecule has 0 radical (unpaired) electrons. The fourth-order valence-corrected chi connectivity index (χ4v) is 1.52. The number of hydrogen-bond donors (Lipinski definition) is 0. The molecular weight excluding hydrogens is 287 g/mol. The summed E-state index contributed by atoms with van der Waals surface area (Å²) < 4.78 is 13.8. The lowest BCUT2D eigenvalue weighted by molar-refractivity contribution is -0.394. The number of nitrogens with zero attached hydrogens (tertiary/aromatic N) is 2. The van der Waals surface area contributed by atoms with Gasteiger partial charge < -0.3 is 0 Å². The molecule has 8 nitrogen and oxygen atoms in total. The molecule has 0 fully saturated rings. The number of rotatable bonds is 6. The first-order valence-corrected chi connectivity index (χ1v) is 5.81. The predicted octanol–water partition coefficient (Wildman–Crippen LogP) is 2.25. The number of nitro benzene ring substituents is 2. The Labute approximate surface area is 117 Å². The summed E-state index contributed by atoms with van der Waals surface area (Å²) in [6, 6.07) is 2.05. The Hall–Kier alpha value is -2.71. The second kappa shape index (κ2) is 6.16. The molecule has 0 N–H and O–H groups in total. The summed E-state index contributed by atoms with van der Waals surface area (Å²) in [6.07, 6.45) is -2.51. The highest BCUT2D eigenvalue weighted by Crippen LogP contribution is 2.24. The second-order valence-electron chi connectivity index (χ2n) is 4.54. The number of alkyl halides is 1. The van der Waals surface area contributed by atoms with Crippen molar-refractivity contribution in [2.24, 2.45) is 5.92 Å². The van der Waals surface area contributed by atoms with E-state index in [2.05, 4.69) is 0 Å². The number of non-ortho nitro benzene ring substituents is 2. The van der Waals surface area contributed by atoms with E-state index in [1.165, 1.54) is 13.8 Å². The highest BCUT2D eigenvalue weighted by molar-refractivity contribution is 6.14. The highest BCUT2D eigenvalue weighted by atomic mass is 19.1. The van der Waals surface area contributed by atoms with E-state index in [9.17, 15) is 34.2 Å². The number of Topliss-reactive ketones (excluding diaryl/α,β-unsaturated/α-hetero) is 2. The van der Waals surface area contributed by atoms with Crippen LogP contribution < -0.4 is 0 Å². The van der Waals surface area contributed by atoms with Crippen LogP contribution in [-0.4, -0.2) is 27.6 Å². The fraction of sp³-hybridized carbons (Fsp3) is 0.333. The number of carbonyl (C=O) groups is 2. The van der Waals surface area contributed by atoms with Gasteiger partial charge in [-0.1, -0.05) is 13.8 Å². The van der Waals surface area contributed by atoms with Gasteiger partial charge >= 0.3 is 0 Å². The Morgan fingerprint density at radius 3 is 1.81 bits per heavy atom. The van der Waals surface area contributed by atoms with Gasteiger partial charge in [0, 0.05) is 23.6 Å². The molecule has 0 aliphatic rings. The number of carbonyl (C=O) groups excluding carboxylic acids is 2. The maximum atomic E-state index is 13.8. The zero-order chi connectivity index (χ0) is 16.3. The molecule has 0 amide bonds. The van der Waals surface area contributed by atoms with Crippen LogP contribution in [0.1, 0.15) is 24.2 Å². The third kappa shape index (κ3) is 3.65. The Morgan fingerprint density at radius 2 is 1.48 bits per heavy atom. The normalized spacial score (nSPS) is 12.0. The van der Waals surface area contributed by atoms with Crippen LogP contribution in [0.4, 0.5) is 15.8 Å². The topological polar surface area (TPSA) is 120 Å². The zero-order valence-electron chi connectivity index (χ0n) is 11.1. The Morgan fingerprint density at radius 1 is 1.05 bits per heavy atom. The number of benzene rings is 1. The number of halogens is 1. The molecule has 9 heteroatoms. The first-order valence-electron chi connectivity index (χ1n) is 5.81. The summed E-state index contributed by atoms with van der Waals surface area (Å²) in [5.41, 5.74) is -2.04. The van der Waals surface area contributed by atoms with Gasteiger partial charge in [-0.2, -0.15) is 0 Å². The molecule has 112 valence electrons. The second-order valence-corrected chi connectivity index (χ2v) is 4.54. The number of ketones is 2. The van der Waals surface area contributed by atoms with Gasteiger partial charge in [-0.3, -0.25) is 29.8 Å². The monoisotopic (exact) mass is 298 g/mol. The Bertz CT molecular complexity index is 596. The van der Waals surface area contributed by atoms with Crippen LogP contribution >= 0.6 is 0 Å². The Balaban J connectivity index is 3.29. The molecule has 1 aromatic carbocycles. The van der Waals surface area contributed by atoms with Gasteiger partial charge in [-0.15, -0.1) is 0 Å². The van der Waals surface area contributed by atoms with Crippen molar-refractivity contribution in [3.8, 4) is 0 Å². The third-order valence-corrected chi connectivity index (χ3v) is 2.66. The van der Waals surface area contributed by atoms with Gasteiger partial charge in [-0.25, -0.2) is 4.39 Å². The first kappa shape index (κ1) is 16.3. The van der Waals surface area contributed by atoms with Gasteiger partial charge in [0.2, 0.25) is 12.0 Å². The van der Waals surface area contributed by atoms with Crippen molar-refractivity contribution in [1.29, 1.82) is 0 Å². The van der Waals surface area contributed by atoms with Gasteiger partial charge in [0.05, 0.1) is 15.9 Å². The van der Waals surface area contributed by atoms with Gasteiger partial charge in [0.25, 0.3) is 11.4 Å². The van der Waals surface area contributed by atoms with Crippen molar-refractivity contribution in [2.45, 2.75) is 20.0 Å². The molecule has 0 aliphatic carbocycles. The molecule has 1 rings (SSSR count). The quantitative estimate of drug-likeness (QED) is 0.343. The van der Waals surface area contributed by atoms with E-state index in [1.54, 1.807) is 0 Å². The molecule has 0 saturated heterocycles. The number of hydrogen-bond acceptors (Lipinski definition) is 6. The standard InChI is InChI=1S/C12H11FN2O6/c1-6(2)11(16)10(13)12(17)7-3-8(14(18)19)5-9(4-7)15(20)21/h3-6,10H,1-2H3. The average Bonchev–Trinajstić information content (AvgIpc) is 2.43. The summed E-state index contributed by atoms with van der Waals surface area (Å²) in [6.45, 7) is 2.77. The summed E-state index contributed by atoms with van der Waals surface area (Å²) >= 11 is 0. The van der Waals surface area contributed by atoms with E-state index in [1.807, 2.05) is 0 Å². The SMILES string of the molecule is CC(C)C(=O)C(F)C(=O)c1cc([N+](=O)[O-])cc([N+](=O)[O-])c1. The van der Waals surface area contributed by atoms with Crippen molar-refractivity contribution >= 4 is 22.9 Å². The fourth-order valence-electron chi connectivity index (χ4n) is 1.52.